The van der Waals surface area contributed by atoms with E-state index in [1.54, 1.807) is 0 Å². The molecule has 21 heavy (non-hydrogen) atoms. The second kappa shape index (κ2) is 5.06. The minimum atomic E-state index is 0.359. The number of allylic oxidation sites excluding steroid dienone is 1. The molecule has 0 aliphatic heterocycles. The zero-order valence-electron chi connectivity index (χ0n) is 11.7. The van der Waals surface area contributed by atoms with Crippen molar-refractivity contribution in [2.24, 2.45) is 0 Å². The maximum atomic E-state index is 2.40. The van der Waals surface area contributed by atoms with Crippen LogP contribution in [0, 0.1) is 0 Å². The van der Waals surface area contributed by atoms with Gasteiger partial charge in [-0.25, -0.2) is 0 Å². The molecule has 0 heteroatoms. The Bertz CT molecular complexity index is 783. The first-order valence-corrected chi connectivity index (χ1v) is 7.35. The van der Waals surface area contributed by atoms with E-state index < -0.39 is 0 Å². The van der Waals surface area contributed by atoms with Crippen LogP contribution in [0.5, 0.6) is 0 Å². The van der Waals surface area contributed by atoms with Gasteiger partial charge in [0, 0.05) is 5.92 Å². The summed E-state index contributed by atoms with van der Waals surface area (Å²) in [6, 6.07) is 30.1. The molecule has 4 rings (SSSR count). The highest BCUT2D eigenvalue weighted by molar-refractivity contribution is 5.86. The molecular formula is C21H16. The van der Waals surface area contributed by atoms with E-state index in [1.807, 2.05) is 0 Å². The van der Waals surface area contributed by atoms with Crippen molar-refractivity contribution in [1.82, 2.24) is 0 Å². The largest absolute Gasteiger partial charge is 0.0641 e. The summed E-state index contributed by atoms with van der Waals surface area (Å²) in [5.74, 6) is 0.359. The average Bonchev–Trinajstić information content (AvgIpc) is 2.96. The van der Waals surface area contributed by atoms with E-state index in [4.69, 9.17) is 0 Å². The van der Waals surface area contributed by atoms with Gasteiger partial charge in [0.15, 0.2) is 0 Å². The van der Waals surface area contributed by atoms with Crippen LogP contribution >= 0.6 is 0 Å². The number of hydrogen-bond donors (Lipinski definition) is 0. The molecule has 1 aliphatic carbocycles. The Morgan fingerprint density at radius 3 is 1.95 bits per heavy atom. The number of rotatable bonds is 2. The van der Waals surface area contributed by atoms with Crippen LogP contribution in [0.3, 0.4) is 0 Å². The summed E-state index contributed by atoms with van der Waals surface area (Å²) in [7, 11) is 0. The van der Waals surface area contributed by atoms with E-state index in [-0.39, 0.29) is 0 Å². The number of benzene rings is 3. The molecule has 0 N–H and O–H groups in total. The smallest absolute Gasteiger partial charge is 0.0284 e. The van der Waals surface area contributed by atoms with Crippen LogP contribution in [0.4, 0.5) is 0 Å². The van der Waals surface area contributed by atoms with Crippen molar-refractivity contribution in [2.45, 2.75) is 5.92 Å². The first-order valence-electron chi connectivity index (χ1n) is 7.35. The van der Waals surface area contributed by atoms with Gasteiger partial charge < -0.3 is 0 Å². The van der Waals surface area contributed by atoms with Crippen LogP contribution in [0.1, 0.15) is 28.2 Å². The fourth-order valence-corrected chi connectivity index (χ4v) is 3.17. The van der Waals surface area contributed by atoms with Crippen molar-refractivity contribution in [3.8, 4) is 0 Å². The number of hydrogen-bond acceptors (Lipinski definition) is 0. The molecule has 3 aromatic carbocycles. The van der Waals surface area contributed by atoms with E-state index in [1.165, 1.54) is 27.8 Å². The highest BCUT2D eigenvalue weighted by atomic mass is 14.3. The third-order valence-corrected chi connectivity index (χ3v) is 4.16. The molecule has 0 saturated carbocycles. The summed E-state index contributed by atoms with van der Waals surface area (Å²) in [6.07, 6.45) is 2.40. The predicted octanol–water partition coefficient (Wildman–Crippen LogP) is 5.26. The molecule has 0 amide bonds. The molecular weight excluding hydrogens is 252 g/mol. The van der Waals surface area contributed by atoms with E-state index in [2.05, 4.69) is 91.0 Å². The summed E-state index contributed by atoms with van der Waals surface area (Å²) in [6.45, 7) is 0. The van der Waals surface area contributed by atoms with Crippen molar-refractivity contribution in [3.05, 3.63) is 113 Å². The van der Waals surface area contributed by atoms with Crippen LogP contribution in [-0.4, -0.2) is 0 Å². The Hall–Kier alpha value is -2.60. The molecule has 0 nitrogen and oxygen atoms in total. The lowest BCUT2D eigenvalue weighted by Crippen LogP contribution is -1.94. The highest BCUT2D eigenvalue weighted by Crippen LogP contribution is 2.42. The minimum Gasteiger partial charge on any atom is -0.0641 e. The first-order chi connectivity index (χ1) is 10.4. The van der Waals surface area contributed by atoms with Gasteiger partial charge in [-0.2, -0.15) is 0 Å². The third-order valence-electron chi connectivity index (χ3n) is 4.16. The van der Waals surface area contributed by atoms with Gasteiger partial charge in [0.25, 0.3) is 0 Å². The van der Waals surface area contributed by atoms with Crippen LogP contribution < -0.4 is 0 Å². The normalized spacial score (nSPS) is 16.4. The van der Waals surface area contributed by atoms with Crippen LogP contribution in [0.15, 0.2) is 91.0 Å². The van der Waals surface area contributed by atoms with Crippen LogP contribution in [-0.2, 0) is 0 Å². The standard InChI is InChI=1S/C21H16/c1-3-9-16(10-4-1)20-15-21(17-11-5-2-6-12-17)19-14-8-7-13-18(19)20/h1-15,20H/t20-/m1/s1. The minimum absolute atomic E-state index is 0.359. The SMILES string of the molecule is C1=C(c2ccccc2)c2ccccc2[C@H]1c1ccccc1. The topological polar surface area (TPSA) is 0 Å². The molecule has 0 aromatic heterocycles. The quantitative estimate of drug-likeness (QED) is 0.594. The van der Waals surface area contributed by atoms with Gasteiger partial charge in [-0.3, -0.25) is 0 Å². The Morgan fingerprint density at radius 2 is 1.19 bits per heavy atom. The molecule has 0 saturated heterocycles. The average molecular weight is 268 g/mol. The van der Waals surface area contributed by atoms with E-state index in [9.17, 15) is 0 Å². The summed E-state index contributed by atoms with van der Waals surface area (Å²) in [4.78, 5) is 0. The molecule has 1 atom stereocenters. The summed E-state index contributed by atoms with van der Waals surface area (Å²) in [5, 5.41) is 0. The van der Waals surface area contributed by atoms with Crippen molar-refractivity contribution in [2.75, 3.05) is 0 Å². The van der Waals surface area contributed by atoms with Crippen molar-refractivity contribution < 1.29 is 0 Å². The molecule has 0 heterocycles. The van der Waals surface area contributed by atoms with Crippen molar-refractivity contribution in [1.29, 1.82) is 0 Å². The van der Waals surface area contributed by atoms with Crippen molar-refractivity contribution in [3.63, 3.8) is 0 Å². The van der Waals surface area contributed by atoms with Gasteiger partial charge in [-0.05, 0) is 27.8 Å². The zero-order chi connectivity index (χ0) is 14.1. The van der Waals surface area contributed by atoms with Gasteiger partial charge in [-0.1, -0.05) is 91.0 Å². The lowest BCUT2D eigenvalue weighted by atomic mass is 9.93. The maximum absolute atomic E-state index is 2.40. The summed E-state index contributed by atoms with van der Waals surface area (Å²) in [5.41, 5.74) is 6.76. The van der Waals surface area contributed by atoms with Crippen LogP contribution in [0.25, 0.3) is 5.57 Å². The van der Waals surface area contributed by atoms with Gasteiger partial charge in [0.2, 0.25) is 0 Å². The molecule has 1 aliphatic rings. The van der Waals surface area contributed by atoms with E-state index in [0.29, 0.717) is 5.92 Å². The Kier molecular flexibility index (Phi) is 2.93. The van der Waals surface area contributed by atoms with E-state index >= 15 is 0 Å². The van der Waals surface area contributed by atoms with Gasteiger partial charge in [0.1, 0.15) is 0 Å². The summed E-state index contributed by atoms with van der Waals surface area (Å²) >= 11 is 0. The summed E-state index contributed by atoms with van der Waals surface area (Å²) < 4.78 is 0. The van der Waals surface area contributed by atoms with E-state index in [0.717, 1.165) is 0 Å². The van der Waals surface area contributed by atoms with Gasteiger partial charge in [0.05, 0.1) is 0 Å². The van der Waals surface area contributed by atoms with Crippen molar-refractivity contribution >= 4 is 5.57 Å². The predicted molar refractivity (Wildman–Crippen MR) is 88.2 cm³/mol. The van der Waals surface area contributed by atoms with Crippen LogP contribution in [0.2, 0.25) is 0 Å². The highest BCUT2D eigenvalue weighted by Gasteiger charge is 2.24. The second-order valence-corrected chi connectivity index (χ2v) is 5.42. The Morgan fingerprint density at radius 1 is 0.571 bits per heavy atom. The lowest BCUT2D eigenvalue weighted by Gasteiger charge is -2.10. The fourth-order valence-electron chi connectivity index (χ4n) is 3.17. The molecule has 0 radical (unpaired) electrons. The van der Waals surface area contributed by atoms with Gasteiger partial charge >= 0.3 is 0 Å². The molecule has 3 aromatic rings. The molecule has 0 unspecified atom stereocenters. The third kappa shape index (κ3) is 2.09. The zero-order valence-corrected chi connectivity index (χ0v) is 11.7. The van der Waals surface area contributed by atoms with Gasteiger partial charge in [-0.15, -0.1) is 0 Å². The maximum Gasteiger partial charge on any atom is 0.0284 e. The lowest BCUT2D eigenvalue weighted by molar-refractivity contribution is 1.05. The molecule has 0 fully saturated rings. The Balaban J connectivity index is 1.89. The molecule has 100 valence electrons. The first kappa shape index (κ1) is 12.2. The fraction of sp³-hybridized carbons (Fsp3) is 0.0476. The Labute approximate surface area is 125 Å². The number of fused-ring (bicyclic) bond motifs is 1. The molecule has 0 spiro atoms. The second-order valence-electron chi connectivity index (χ2n) is 5.42. The molecule has 0 bridgehead atoms. The monoisotopic (exact) mass is 268 g/mol.